The fourth-order valence-corrected chi connectivity index (χ4v) is 2.28. The average Bonchev–Trinajstić information content (AvgIpc) is 2.89. The van der Waals surface area contributed by atoms with Crippen molar-refractivity contribution in [3.63, 3.8) is 0 Å². The highest BCUT2D eigenvalue weighted by Crippen LogP contribution is 2.20. The summed E-state index contributed by atoms with van der Waals surface area (Å²) in [4.78, 5) is 4.21. The fraction of sp³-hybridized carbons (Fsp3) is 0.933. The van der Waals surface area contributed by atoms with E-state index in [-0.39, 0.29) is 0 Å². The number of rotatable bonds is 8. The Morgan fingerprint density at radius 1 is 1.21 bits per heavy atom. The van der Waals surface area contributed by atoms with Gasteiger partial charge in [-0.25, -0.2) is 0 Å². The van der Waals surface area contributed by atoms with Crippen LogP contribution in [0.25, 0.3) is 0 Å². The van der Waals surface area contributed by atoms with Gasteiger partial charge >= 0.3 is 0 Å². The summed E-state index contributed by atoms with van der Waals surface area (Å²) >= 11 is 0. The highest BCUT2D eigenvalue weighted by molar-refractivity contribution is 5.79. The van der Waals surface area contributed by atoms with E-state index in [9.17, 15) is 0 Å². The van der Waals surface area contributed by atoms with Crippen LogP contribution in [-0.2, 0) is 4.74 Å². The van der Waals surface area contributed by atoms with E-state index < -0.39 is 0 Å². The highest BCUT2D eigenvalue weighted by atomic mass is 16.5. The predicted octanol–water partition coefficient (Wildman–Crippen LogP) is 2.55. The third-order valence-electron chi connectivity index (χ3n) is 3.51. The van der Waals surface area contributed by atoms with Crippen LogP contribution >= 0.6 is 0 Å². The second-order valence-electron chi connectivity index (χ2n) is 5.74. The maximum atomic E-state index is 5.83. The summed E-state index contributed by atoms with van der Waals surface area (Å²) in [6.45, 7) is 7.24. The van der Waals surface area contributed by atoms with Crippen molar-refractivity contribution in [1.82, 2.24) is 10.6 Å². The number of hydrogen-bond acceptors (Lipinski definition) is 2. The molecule has 0 saturated heterocycles. The van der Waals surface area contributed by atoms with Crippen LogP contribution in [-0.4, -0.2) is 38.8 Å². The Balaban J connectivity index is 1.96. The molecule has 0 aromatic rings. The van der Waals surface area contributed by atoms with E-state index in [2.05, 4.69) is 29.5 Å². The minimum Gasteiger partial charge on any atom is -0.378 e. The van der Waals surface area contributed by atoms with Gasteiger partial charge in [-0.05, 0) is 31.6 Å². The van der Waals surface area contributed by atoms with Gasteiger partial charge in [-0.3, -0.25) is 4.99 Å². The number of guanidine groups is 1. The van der Waals surface area contributed by atoms with Gasteiger partial charge in [0.15, 0.2) is 5.96 Å². The van der Waals surface area contributed by atoms with Gasteiger partial charge in [0.25, 0.3) is 0 Å². The molecule has 1 aliphatic carbocycles. The Morgan fingerprint density at radius 3 is 2.53 bits per heavy atom. The van der Waals surface area contributed by atoms with E-state index in [1.807, 2.05) is 7.05 Å². The zero-order valence-corrected chi connectivity index (χ0v) is 12.9. The number of nitrogens with zero attached hydrogens (tertiary/aromatic N) is 1. The standard InChI is InChI=1S/C15H31N3O/c1-13(2)9-11-18-15(16-3)17-10-6-12-19-14-7-4-5-8-14/h13-14H,4-12H2,1-3H3,(H2,16,17,18). The molecule has 0 bridgehead atoms. The van der Waals surface area contributed by atoms with Gasteiger partial charge in [0.2, 0.25) is 0 Å². The first kappa shape index (κ1) is 16.3. The molecule has 0 aromatic carbocycles. The number of ether oxygens (including phenoxy) is 1. The van der Waals surface area contributed by atoms with Crippen molar-refractivity contribution < 1.29 is 4.74 Å². The van der Waals surface area contributed by atoms with E-state index in [1.165, 1.54) is 32.1 Å². The van der Waals surface area contributed by atoms with Gasteiger partial charge in [-0.2, -0.15) is 0 Å². The third-order valence-corrected chi connectivity index (χ3v) is 3.51. The molecule has 0 radical (unpaired) electrons. The predicted molar refractivity (Wildman–Crippen MR) is 81.6 cm³/mol. The topological polar surface area (TPSA) is 45.7 Å². The summed E-state index contributed by atoms with van der Waals surface area (Å²) in [6.07, 6.45) is 7.94. The molecule has 1 fully saturated rings. The van der Waals surface area contributed by atoms with Gasteiger partial charge in [0, 0.05) is 26.7 Å². The minimum absolute atomic E-state index is 0.531. The third kappa shape index (κ3) is 8.09. The van der Waals surface area contributed by atoms with Crippen molar-refractivity contribution in [3.8, 4) is 0 Å². The van der Waals surface area contributed by atoms with Crippen LogP contribution in [0.5, 0.6) is 0 Å². The summed E-state index contributed by atoms with van der Waals surface area (Å²) in [5.41, 5.74) is 0. The largest absolute Gasteiger partial charge is 0.378 e. The molecule has 1 aliphatic rings. The van der Waals surface area contributed by atoms with Gasteiger partial charge < -0.3 is 15.4 Å². The van der Waals surface area contributed by atoms with E-state index in [1.54, 1.807) is 0 Å². The SMILES string of the molecule is CN=C(NCCCOC1CCCC1)NCCC(C)C. The number of hydrogen-bond donors (Lipinski definition) is 2. The lowest BCUT2D eigenvalue weighted by molar-refractivity contribution is 0.0574. The number of nitrogens with one attached hydrogen (secondary N) is 2. The Labute approximate surface area is 118 Å². The molecule has 0 aromatic heterocycles. The average molecular weight is 269 g/mol. The van der Waals surface area contributed by atoms with Crippen molar-refractivity contribution in [3.05, 3.63) is 0 Å². The van der Waals surface area contributed by atoms with Crippen LogP contribution in [0.4, 0.5) is 0 Å². The van der Waals surface area contributed by atoms with Gasteiger partial charge in [0.1, 0.15) is 0 Å². The smallest absolute Gasteiger partial charge is 0.190 e. The highest BCUT2D eigenvalue weighted by Gasteiger charge is 2.14. The quantitative estimate of drug-likeness (QED) is 0.404. The molecule has 4 heteroatoms. The molecule has 1 rings (SSSR count). The van der Waals surface area contributed by atoms with Crippen LogP contribution in [0.3, 0.4) is 0 Å². The van der Waals surface area contributed by atoms with Crippen molar-refractivity contribution in [2.24, 2.45) is 10.9 Å². The molecular weight excluding hydrogens is 238 g/mol. The lowest BCUT2D eigenvalue weighted by atomic mass is 10.1. The van der Waals surface area contributed by atoms with E-state index in [4.69, 9.17) is 4.74 Å². The molecule has 19 heavy (non-hydrogen) atoms. The second kappa shape index (κ2) is 10.1. The van der Waals surface area contributed by atoms with Crippen LogP contribution in [0.1, 0.15) is 52.4 Å². The summed E-state index contributed by atoms with van der Waals surface area (Å²) in [5, 5.41) is 6.66. The molecule has 0 heterocycles. The monoisotopic (exact) mass is 269 g/mol. The maximum absolute atomic E-state index is 5.83. The second-order valence-corrected chi connectivity index (χ2v) is 5.74. The van der Waals surface area contributed by atoms with Crippen LogP contribution in [0.15, 0.2) is 4.99 Å². The van der Waals surface area contributed by atoms with Crippen molar-refractivity contribution >= 4 is 5.96 Å². The number of aliphatic imine (C=N–C) groups is 1. The first-order valence-electron chi connectivity index (χ1n) is 7.78. The van der Waals surface area contributed by atoms with Crippen LogP contribution < -0.4 is 10.6 Å². The summed E-state index contributed by atoms with van der Waals surface area (Å²) in [5.74, 6) is 1.63. The minimum atomic E-state index is 0.531. The molecule has 2 N–H and O–H groups in total. The zero-order chi connectivity index (χ0) is 13.9. The van der Waals surface area contributed by atoms with Gasteiger partial charge in [-0.1, -0.05) is 26.7 Å². The molecule has 0 amide bonds. The molecule has 112 valence electrons. The van der Waals surface area contributed by atoms with Crippen molar-refractivity contribution in [2.75, 3.05) is 26.7 Å². The Bertz CT molecular complexity index is 248. The van der Waals surface area contributed by atoms with Gasteiger partial charge in [-0.15, -0.1) is 0 Å². The normalized spacial score (nSPS) is 17.2. The fourth-order valence-electron chi connectivity index (χ4n) is 2.28. The Morgan fingerprint density at radius 2 is 1.89 bits per heavy atom. The van der Waals surface area contributed by atoms with E-state index >= 15 is 0 Å². The summed E-state index contributed by atoms with van der Waals surface area (Å²) in [6, 6.07) is 0. The molecular formula is C15H31N3O. The molecule has 4 nitrogen and oxygen atoms in total. The zero-order valence-electron chi connectivity index (χ0n) is 12.9. The molecule has 0 aliphatic heterocycles. The van der Waals surface area contributed by atoms with E-state index in [0.717, 1.165) is 38.0 Å². The summed E-state index contributed by atoms with van der Waals surface area (Å²) in [7, 11) is 1.82. The molecule has 0 unspecified atom stereocenters. The summed E-state index contributed by atoms with van der Waals surface area (Å²) < 4.78 is 5.83. The molecule has 0 spiro atoms. The molecule has 0 atom stereocenters. The first-order valence-corrected chi connectivity index (χ1v) is 7.78. The van der Waals surface area contributed by atoms with E-state index in [0.29, 0.717) is 6.10 Å². The Hall–Kier alpha value is -0.770. The lowest BCUT2D eigenvalue weighted by Crippen LogP contribution is -2.38. The lowest BCUT2D eigenvalue weighted by Gasteiger charge is -2.14. The van der Waals surface area contributed by atoms with Crippen molar-refractivity contribution in [1.29, 1.82) is 0 Å². The first-order chi connectivity index (χ1) is 9.22. The van der Waals surface area contributed by atoms with Crippen LogP contribution in [0.2, 0.25) is 0 Å². The Kier molecular flexibility index (Phi) is 8.63. The molecule has 1 saturated carbocycles. The van der Waals surface area contributed by atoms with Gasteiger partial charge in [0.05, 0.1) is 6.10 Å². The van der Waals surface area contributed by atoms with Crippen LogP contribution in [0, 0.1) is 5.92 Å². The van der Waals surface area contributed by atoms with Crippen molar-refractivity contribution in [2.45, 2.75) is 58.5 Å². The maximum Gasteiger partial charge on any atom is 0.190 e.